The van der Waals surface area contributed by atoms with E-state index in [4.69, 9.17) is 4.74 Å². The molecule has 0 aliphatic rings. The number of hydrogen-bond donors (Lipinski definition) is 2. The van der Waals surface area contributed by atoms with Crippen molar-refractivity contribution >= 4 is 21.6 Å². The van der Waals surface area contributed by atoms with E-state index in [0.717, 1.165) is 24.4 Å². The highest BCUT2D eigenvalue weighted by Crippen LogP contribution is 2.29. The summed E-state index contributed by atoms with van der Waals surface area (Å²) in [4.78, 5) is 15.8. The fourth-order valence-corrected chi connectivity index (χ4v) is 3.49. The molecule has 28 heavy (non-hydrogen) atoms. The van der Waals surface area contributed by atoms with E-state index in [1.54, 1.807) is 0 Å². The minimum absolute atomic E-state index is 0.0869. The quantitative estimate of drug-likeness (QED) is 0.721. The van der Waals surface area contributed by atoms with Gasteiger partial charge in [0.1, 0.15) is 11.6 Å². The first-order valence-corrected chi connectivity index (χ1v) is 9.64. The van der Waals surface area contributed by atoms with E-state index in [9.17, 15) is 26.4 Å². The van der Waals surface area contributed by atoms with Gasteiger partial charge in [-0.3, -0.25) is 4.79 Å². The Balaban J connectivity index is 2.34. The molecule has 0 bridgehead atoms. The fourth-order valence-electron chi connectivity index (χ4n) is 2.49. The number of aromatic nitrogens is 1. The maximum Gasteiger partial charge on any atom is 0.277 e. The van der Waals surface area contributed by atoms with E-state index in [-0.39, 0.29) is 5.75 Å². The van der Waals surface area contributed by atoms with E-state index in [1.807, 2.05) is 0 Å². The first kappa shape index (κ1) is 21.6. The van der Waals surface area contributed by atoms with Gasteiger partial charge in [-0.1, -0.05) is 6.92 Å². The summed E-state index contributed by atoms with van der Waals surface area (Å²) in [5.74, 6) is -5.71. The van der Waals surface area contributed by atoms with E-state index < -0.39 is 62.0 Å². The topological polar surface area (TPSA) is 97.4 Å². The molecule has 2 rings (SSSR count). The number of rotatable bonds is 7. The third kappa shape index (κ3) is 4.78. The van der Waals surface area contributed by atoms with Crippen LogP contribution in [0.2, 0.25) is 0 Å². The average molecular weight is 417 g/mol. The van der Waals surface area contributed by atoms with Crippen LogP contribution in [0.25, 0.3) is 0 Å². The van der Waals surface area contributed by atoms with Crippen molar-refractivity contribution < 1.29 is 31.1 Å². The Morgan fingerprint density at radius 1 is 1.25 bits per heavy atom. The zero-order valence-electron chi connectivity index (χ0n) is 15.2. The number of nitrogens with one attached hydrogen (secondary N) is 2. The monoisotopic (exact) mass is 417 g/mol. The van der Waals surface area contributed by atoms with Crippen molar-refractivity contribution in [1.82, 2.24) is 9.71 Å². The Hall–Kier alpha value is -2.66. The first-order chi connectivity index (χ1) is 13.1. The minimum atomic E-state index is -3.73. The van der Waals surface area contributed by atoms with Crippen LogP contribution in [0.1, 0.15) is 28.9 Å². The minimum Gasteiger partial charge on any atom is -0.495 e. The lowest BCUT2D eigenvalue weighted by Crippen LogP contribution is -2.26. The molecule has 1 aromatic carbocycles. The van der Waals surface area contributed by atoms with E-state index in [0.29, 0.717) is 0 Å². The summed E-state index contributed by atoms with van der Waals surface area (Å²) < 4.78 is 73.0. The maximum atomic E-state index is 14.8. The largest absolute Gasteiger partial charge is 0.495 e. The third-order valence-corrected chi connectivity index (χ3v) is 5.48. The normalized spacial score (nSPS) is 12.5. The predicted molar refractivity (Wildman–Crippen MR) is 96.3 cm³/mol. The molecule has 0 spiro atoms. The van der Waals surface area contributed by atoms with Gasteiger partial charge in [-0.25, -0.2) is 31.3 Å². The van der Waals surface area contributed by atoms with E-state index in [1.165, 1.54) is 21.1 Å². The molecular formula is C17H18F3N3O4S. The molecule has 1 heterocycles. The second-order valence-electron chi connectivity index (χ2n) is 5.87. The molecule has 2 aromatic rings. The molecule has 11 heteroatoms. The van der Waals surface area contributed by atoms with Crippen LogP contribution in [0.4, 0.5) is 18.9 Å². The lowest BCUT2D eigenvalue weighted by Gasteiger charge is -2.16. The SMILES string of the molecule is CNS(=O)(=O)C[C@@H](C)c1c(F)ccc(NC(=O)c2ncc(OC)cc2F)c1F. The van der Waals surface area contributed by atoms with Gasteiger partial charge in [0.2, 0.25) is 10.0 Å². The highest BCUT2D eigenvalue weighted by Gasteiger charge is 2.25. The standard InChI is InChI=1S/C17H18F3N3O4S/c1-9(8-28(25,26)21-2)14-11(18)4-5-13(15(14)20)23-17(24)16-12(19)6-10(27-3)7-22-16/h4-7,9,21H,8H2,1-3H3,(H,23,24)/t9-/m1/s1. The average Bonchev–Trinajstić information content (AvgIpc) is 2.63. The van der Waals surface area contributed by atoms with Crippen LogP contribution in [-0.4, -0.2) is 39.2 Å². The van der Waals surface area contributed by atoms with Gasteiger partial charge in [0.15, 0.2) is 17.3 Å². The number of halogens is 3. The summed E-state index contributed by atoms with van der Waals surface area (Å²) in [5, 5.41) is 2.12. The van der Waals surface area contributed by atoms with E-state index >= 15 is 0 Å². The summed E-state index contributed by atoms with van der Waals surface area (Å²) in [7, 11) is -1.26. The fraction of sp³-hybridized carbons (Fsp3) is 0.294. The number of carbonyl (C=O) groups is 1. The lowest BCUT2D eigenvalue weighted by atomic mass is 10.0. The van der Waals surface area contributed by atoms with Gasteiger partial charge in [-0.05, 0) is 19.2 Å². The molecule has 0 fully saturated rings. The van der Waals surface area contributed by atoms with Crippen molar-refractivity contribution in [3.8, 4) is 5.75 Å². The van der Waals surface area contributed by atoms with Gasteiger partial charge in [-0.2, -0.15) is 0 Å². The third-order valence-electron chi connectivity index (χ3n) is 3.91. The van der Waals surface area contributed by atoms with Crippen LogP contribution in [0, 0.1) is 17.5 Å². The number of benzene rings is 1. The molecule has 1 amide bonds. The molecular weight excluding hydrogens is 399 g/mol. The molecule has 0 aliphatic heterocycles. The summed E-state index contributed by atoms with van der Waals surface area (Å²) in [6.45, 7) is 1.33. The number of sulfonamides is 1. The van der Waals surface area contributed by atoms with Crippen molar-refractivity contribution in [3.05, 3.63) is 53.1 Å². The maximum absolute atomic E-state index is 14.8. The molecule has 1 atom stereocenters. The van der Waals surface area contributed by atoms with Crippen molar-refractivity contribution in [2.24, 2.45) is 0 Å². The highest BCUT2D eigenvalue weighted by atomic mass is 32.2. The number of hydrogen-bond acceptors (Lipinski definition) is 5. The van der Waals surface area contributed by atoms with Gasteiger partial charge >= 0.3 is 0 Å². The van der Waals surface area contributed by atoms with Crippen molar-refractivity contribution in [1.29, 1.82) is 0 Å². The number of pyridine rings is 1. The number of amides is 1. The Bertz CT molecular complexity index is 999. The lowest BCUT2D eigenvalue weighted by molar-refractivity contribution is 0.101. The Labute approximate surface area is 160 Å². The molecule has 0 radical (unpaired) electrons. The number of methoxy groups -OCH3 is 1. The highest BCUT2D eigenvalue weighted by molar-refractivity contribution is 7.89. The number of carbonyl (C=O) groups excluding carboxylic acids is 1. The van der Waals surface area contributed by atoms with Crippen LogP contribution in [0.5, 0.6) is 5.75 Å². The zero-order valence-corrected chi connectivity index (χ0v) is 16.0. The summed E-state index contributed by atoms with van der Waals surface area (Å²) in [6, 6.07) is 2.76. The molecule has 2 N–H and O–H groups in total. The summed E-state index contributed by atoms with van der Waals surface area (Å²) >= 11 is 0. The van der Waals surface area contributed by atoms with Crippen LogP contribution >= 0.6 is 0 Å². The van der Waals surface area contributed by atoms with Crippen LogP contribution in [0.3, 0.4) is 0 Å². The van der Waals surface area contributed by atoms with Gasteiger partial charge < -0.3 is 10.1 Å². The second-order valence-corrected chi connectivity index (χ2v) is 7.84. The van der Waals surface area contributed by atoms with Crippen LogP contribution in [0.15, 0.2) is 24.4 Å². The zero-order chi connectivity index (χ0) is 21.1. The number of anilines is 1. The van der Waals surface area contributed by atoms with Gasteiger partial charge in [-0.15, -0.1) is 0 Å². The predicted octanol–water partition coefficient (Wildman–Crippen LogP) is 2.41. The Kier molecular flexibility index (Phi) is 6.62. The Morgan fingerprint density at radius 3 is 2.50 bits per heavy atom. The molecule has 0 saturated heterocycles. The van der Waals surface area contributed by atoms with Crippen molar-refractivity contribution in [3.63, 3.8) is 0 Å². The molecule has 7 nitrogen and oxygen atoms in total. The summed E-state index contributed by atoms with van der Waals surface area (Å²) in [5.41, 5.74) is -1.57. The van der Waals surface area contributed by atoms with Crippen LogP contribution < -0.4 is 14.8 Å². The molecule has 0 aliphatic carbocycles. The van der Waals surface area contributed by atoms with Gasteiger partial charge in [0.25, 0.3) is 5.91 Å². The van der Waals surface area contributed by atoms with Gasteiger partial charge in [0, 0.05) is 17.5 Å². The molecule has 0 saturated carbocycles. The number of nitrogens with zero attached hydrogens (tertiary/aromatic N) is 1. The van der Waals surface area contributed by atoms with Crippen molar-refractivity contribution in [2.45, 2.75) is 12.8 Å². The Morgan fingerprint density at radius 2 is 1.93 bits per heavy atom. The van der Waals surface area contributed by atoms with Crippen molar-refractivity contribution in [2.75, 3.05) is 25.2 Å². The van der Waals surface area contributed by atoms with Gasteiger partial charge in [0.05, 0.1) is 24.7 Å². The second kappa shape index (κ2) is 8.57. The first-order valence-electron chi connectivity index (χ1n) is 7.99. The summed E-state index contributed by atoms with van der Waals surface area (Å²) in [6.07, 6.45) is 1.11. The molecule has 0 unspecified atom stereocenters. The number of ether oxygens (including phenoxy) is 1. The van der Waals surface area contributed by atoms with Crippen LogP contribution in [-0.2, 0) is 10.0 Å². The molecule has 1 aromatic heterocycles. The molecule has 152 valence electrons. The smallest absolute Gasteiger partial charge is 0.277 e. The van der Waals surface area contributed by atoms with E-state index in [2.05, 4.69) is 15.0 Å².